The van der Waals surface area contributed by atoms with Gasteiger partial charge < -0.3 is 19.8 Å². The van der Waals surface area contributed by atoms with E-state index in [9.17, 15) is 19.5 Å². The Morgan fingerprint density at radius 1 is 1.09 bits per heavy atom. The molecule has 0 saturated carbocycles. The summed E-state index contributed by atoms with van der Waals surface area (Å²) >= 11 is 12.0. The molecule has 3 fully saturated rings. The second-order valence-corrected chi connectivity index (χ2v) is 15.3. The van der Waals surface area contributed by atoms with Crippen molar-refractivity contribution in [3.63, 3.8) is 0 Å². The molecule has 7 atom stereocenters. The minimum absolute atomic E-state index is 0.0899. The average molecular weight is 701 g/mol. The Bertz CT molecular complexity index is 1430. The van der Waals surface area contributed by atoms with Crippen LogP contribution in [0.1, 0.15) is 26.7 Å². The van der Waals surface area contributed by atoms with E-state index in [0.29, 0.717) is 23.6 Å². The maximum absolute atomic E-state index is 14.9. The van der Waals surface area contributed by atoms with Crippen LogP contribution in [-0.2, 0) is 14.4 Å². The highest BCUT2D eigenvalue weighted by molar-refractivity contribution is 9.09. The first-order chi connectivity index (χ1) is 21.1. The molecule has 0 aliphatic carbocycles. The van der Waals surface area contributed by atoms with Crippen LogP contribution >= 0.6 is 39.3 Å². The van der Waals surface area contributed by atoms with Gasteiger partial charge in [0, 0.05) is 28.9 Å². The van der Waals surface area contributed by atoms with Gasteiger partial charge in [-0.3, -0.25) is 14.4 Å². The van der Waals surface area contributed by atoms with Crippen molar-refractivity contribution in [3.8, 4) is 0 Å². The van der Waals surface area contributed by atoms with Crippen molar-refractivity contribution in [1.29, 1.82) is 0 Å². The van der Waals surface area contributed by atoms with E-state index in [1.54, 1.807) is 56.8 Å². The number of halogens is 2. The summed E-state index contributed by atoms with van der Waals surface area (Å²) in [5.41, 5.74) is 1.25. The summed E-state index contributed by atoms with van der Waals surface area (Å²) in [5, 5.41) is 10.9. The van der Waals surface area contributed by atoms with Crippen molar-refractivity contribution < 1.29 is 19.5 Å². The molecule has 1 N–H and O–H groups in total. The number of aliphatic hydroxyl groups excluding tert-OH is 1. The van der Waals surface area contributed by atoms with Crippen LogP contribution in [0.5, 0.6) is 0 Å². The molecule has 3 heterocycles. The number of fused-ring (bicyclic) bond motifs is 1. The molecule has 234 valence electrons. The number of anilines is 2. The van der Waals surface area contributed by atoms with Gasteiger partial charge in [0.2, 0.25) is 11.8 Å². The molecule has 5 rings (SSSR count). The van der Waals surface area contributed by atoms with E-state index < -0.39 is 28.7 Å². The van der Waals surface area contributed by atoms with Crippen molar-refractivity contribution >= 4 is 68.4 Å². The van der Waals surface area contributed by atoms with Gasteiger partial charge in [-0.05, 0) is 43.0 Å². The van der Waals surface area contributed by atoms with Gasteiger partial charge >= 0.3 is 0 Å². The highest BCUT2D eigenvalue weighted by atomic mass is 79.9. The number of carbonyl (C=O) groups excluding carboxylic acids is 3. The number of aliphatic hydroxyl groups is 1. The number of thioether (sulfide) groups is 1. The van der Waals surface area contributed by atoms with Gasteiger partial charge in [0.25, 0.3) is 5.91 Å². The molecule has 7 nitrogen and oxygen atoms in total. The first-order valence-corrected chi connectivity index (χ1v) is 17.2. The summed E-state index contributed by atoms with van der Waals surface area (Å²) < 4.78 is -0.880. The van der Waals surface area contributed by atoms with Gasteiger partial charge in [-0.2, -0.15) is 0 Å². The zero-order valence-corrected chi connectivity index (χ0v) is 28.2. The molecular weight excluding hydrogens is 662 g/mol. The minimum Gasteiger partial charge on any atom is -0.394 e. The molecule has 10 heteroatoms. The van der Waals surface area contributed by atoms with Crippen LogP contribution in [0.25, 0.3) is 0 Å². The van der Waals surface area contributed by atoms with E-state index in [-0.39, 0.29) is 53.4 Å². The fourth-order valence-electron chi connectivity index (χ4n) is 7.34. The molecule has 2 aromatic carbocycles. The molecule has 2 bridgehead atoms. The summed E-state index contributed by atoms with van der Waals surface area (Å²) in [6.45, 7) is 12.0. The average Bonchev–Trinajstić information content (AvgIpc) is 3.61. The summed E-state index contributed by atoms with van der Waals surface area (Å²) in [4.78, 5) is 49.0. The quantitative estimate of drug-likeness (QED) is 0.219. The van der Waals surface area contributed by atoms with Crippen molar-refractivity contribution in [2.24, 2.45) is 17.8 Å². The van der Waals surface area contributed by atoms with Crippen LogP contribution in [-0.4, -0.2) is 74.3 Å². The van der Waals surface area contributed by atoms with Crippen LogP contribution in [0.2, 0.25) is 5.02 Å². The summed E-state index contributed by atoms with van der Waals surface area (Å²) in [5.74, 6) is -1.94. The molecule has 3 amide bonds. The zero-order valence-electron chi connectivity index (χ0n) is 25.0. The lowest BCUT2D eigenvalue weighted by Gasteiger charge is -2.40. The maximum Gasteiger partial charge on any atom is 0.251 e. The standard InChI is InChI=1S/C34H39BrClN3O4S/c1-5-16-37(22-12-8-7-9-13-22)31(41)27-28-32(42)39(23(20-40)18-21(3)4)30(34(28)19-24(35)29(27)44-34)33(43)38(17-6-2)26-15-11-10-14-25(26)36/h5-15,21,23-24,27-30,40H,1-2,16-20H2,3-4H3/t23-,24?,27-,28+,29-,30?,34?/m1/s1. The molecule has 3 aliphatic rings. The number of alkyl halides is 1. The number of amides is 3. The van der Waals surface area contributed by atoms with Crippen LogP contribution in [0.3, 0.4) is 0 Å². The molecule has 2 aromatic rings. The maximum atomic E-state index is 14.9. The molecule has 3 saturated heterocycles. The molecule has 44 heavy (non-hydrogen) atoms. The molecule has 3 unspecified atom stereocenters. The normalized spacial score (nSPS) is 27.7. The van der Waals surface area contributed by atoms with Crippen molar-refractivity contribution in [3.05, 3.63) is 84.9 Å². The van der Waals surface area contributed by atoms with Crippen molar-refractivity contribution in [2.75, 3.05) is 29.5 Å². The Morgan fingerprint density at radius 2 is 1.73 bits per heavy atom. The van der Waals surface area contributed by atoms with Crippen LogP contribution < -0.4 is 9.80 Å². The van der Waals surface area contributed by atoms with Gasteiger partial charge in [0.1, 0.15) is 6.04 Å². The Kier molecular flexibility index (Phi) is 10.00. The number of benzene rings is 2. The molecule has 0 radical (unpaired) electrons. The third kappa shape index (κ3) is 5.54. The number of nitrogens with zero attached hydrogens (tertiary/aromatic N) is 3. The SMILES string of the molecule is C=CCN(C(=O)[C@H]1[C@@H]2SC3(CC2Br)C(C(=O)N(CC=C)c2ccccc2Cl)N([C@@H](CO)CC(C)C)C(=O)[C@H]13)c1ccccc1. The number of hydrogen-bond acceptors (Lipinski definition) is 5. The van der Waals surface area contributed by atoms with E-state index in [4.69, 9.17) is 11.6 Å². The van der Waals surface area contributed by atoms with Gasteiger partial charge in [-0.15, -0.1) is 24.9 Å². The number of para-hydroxylation sites is 2. The Morgan fingerprint density at radius 3 is 2.34 bits per heavy atom. The van der Waals surface area contributed by atoms with Crippen molar-refractivity contribution in [1.82, 2.24) is 4.90 Å². The molecule has 3 aliphatic heterocycles. The van der Waals surface area contributed by atoms with E-state index >= 15 is 0 Å². The predicted octanol–water partition coefficient (Wildman–Crippen LogP) is 5.95. The Labute approximate surface area is 277 Å². The number of rotatable bonds is 12. The second-order valence-electron chi connectivity index (χ2n) is 12.1. The highest BCUT2D eigenvalue weighted by Crippen LogP contribution is 2.68. The fourth-order valence-corrected chi connectivity index (χ4v) is 11.2. The van der Waals surface area contributed by atoms with Crippen LogP contribution in [0.4, 0.5) is 11.4 Å². The fraction of sp³-hybridized carbons (Fsp3) is 0.441. The largest absolute Gasteiger partial charge is 0.394 e. The first-order valence-electron chi connectivity index (χ1n) is 15.0. The van der Waals surface area contributed by atoms with E-state index in [0.717, 1.165) is 5.69 Å². The van der Waals surface area contributed by atoms with Crippen molar-refractivity contribution in [2.45, 2.75) is 53.6 Å². The van der Waals surface area contributed by atoms with Crippen LogP contribution in [0.15, 0.2) is 79.9 Å². The number of likely N-dealkylation sites (tertiary alicyclic amines) is 1. The smallest absolute Gasteiger partial charge is 0.251 e. The lowest BCUT2D eigenvalue weighted by Crippen LogP contribution is -2.58. The zero-order chi connectivity index (χ0) is 31.8. The summed E-state index contributed by atoms with van der Waals surface area (Å²) in [7, 11) is 0. The summed E-state index contributed by atoms with van der Waals surface area (Å²) in [6.07, 6.45) is 4.37. The molecule has 1 spiro atoms. The molecule has 0 aromatic heterocycles. The van der Waals surface area contributed by atoms with Gasteiger partial charge in [0.05, 0.1) is 39.9 Å². The van der Waals surface area contributed by atoms with Gasteiger partial charge in [-0.1, -0.05) is 83.9 Å². The lowest BCUT2D eigenvalue weighted by atomic mass is 9.70. The monoisotopic (exact) mass is 699 g/mol. The molecular formula is C34H39BrClN3O4S. The van der Waals surface area contributed by atoms with E-state index in [1.807, 2.05) is 50.2 Å². The first kappa shape index (κ1) is 32.8. The predicted molar refractivity (Wildman–Crippen MR) is 182 cm³/mol. The Balaban J connectivity index is 1.64. The minimum atomic E-state index is -0.912. The summed E-state index contributed by atoms with van der Waals surface area (Å²) in [6, 6.07) is 15.0. The van der Waals surface area contributed by atoms with Crippen LogP contribution in [0, 0.1) is 17.8 Å². The van der Waals surface area contributed by atoms with Gasteiger partial charge in [-0.25, -0.2) is 0 Å². The Hall–Kier alpha value is -2.59. The van der Waals surface area contributed by atoms with Gasteiger partial charge in [0.15, 0.2) is 0 Å². The third-order valence-corrected chi connectivity index (χ3v) is 12.5. The van der Waals surface area contributed by atoms with E-state index in [2.05, 4.69) is 29.1 Å². The second kappa shape index (κ2) is 13.4. The number of carbonyl (C=O) groups is 3. The number of hydrogen-bond donors (Lipinski definition) is 1. The third-order valence-electron chi connectivity index (χ3n) is 8.96. The van der Waals surface area contributed by atoms with E-state index in [1.165, 1.54) is 0 Å². The lowest BCUT2D eigenvalue weighted by molar-refractivity contribution is -0.142. The highest BCUT2D eigenvalue weighted by Gasteiger charge is 2.76. The topological polar surface area (TPSA) is 81.2 Å².